The third-order valence-electron chi connectivity index (χ3n) is 2.41. The highest BCUT2D eigenvalue weighted by Crippen LogP contribution is 2.21. The van der Waals surface area contributed by atoms with Gasteiger partial charge >= 0.3 is 0 Å². The fourth-order valence-corrected chi connectivity index (χ4v) is 3.36. The molecule has 0 bridgehead atoms. The van der Waals surface area contributed by atoms with Gasteiger partial charge in [-0.25, -0.2) is 21.6 Å². The summed E-state index contributed by atoms with van der Waals surface area (Å²) in [6.45, 7) is 0.269. The van der Waals surface area contributed by atoms with Crippen molar-refractivity contribution in [1.29, 1.82) is 0 Å². The van der Waals surface area contributed by atoms with Crippen LogP contribution in [-0.2, 0) is 20.0 Å². The predicted molar refractivity (Wildman–Crippen MR) is 71.0 cm³/mol. The van der Waals surface area contributed by atoms with Crippen LogP contribution in [0.15, 0.2) is 34.2 Å². The van der Waals surface area contributed by atoms with E-state index in [4.69, 9.17) is 0 Å². The molecule has 9 heteroatoms. The Kier molecular flexibility index (Phi) is 3.61. The van der Waals surface area contributed by atoms with E-state index >= 15 is 0 Å². The molecule has 0 amide bonds. The van der Waals surface area contributed by atoms with E-state index in [1.807, 2.05) is 0 Å². The van der Waals surface area contributed by atoms with Gasteiger partial charge in [0, 0.05) is 12.1 Å². The number of fused-ring (bicyclic) bond motifs is 1. The smallest absolute Gasteiger partial charge is 0.263 e. The Balaban J connectivity index is 2.16. The second-order valence-corrected chi connectivity index (χ2v) is 7.48. The largest absolute Gasteiger partial charge is 0.266 e. The lowest BCUT2D eigenvalue weighted by molar-refractivity contribution is 0.587. The van der Waals surface area contributed by atoms with Crippen LogP contribution in [0, 0.1) is 0 Å². The second-order valence-electron chi connectivity index (χ2n) is 4.00. The van der Waals surface area contributed by atoms with Gasteiger partial charge in [-0.2, -0.15) is 0 Å². The van der Waals surface area contributed by atoms with Crippen LogP contribution < -0.4 is 9.44 Å². The van der Waals surface area contributed by atoms with Crippen LogP contribution in [0.1, 0.15) is 5.56 Å². The molecule has 0 fully saturated rings. The Labute approximate surface area is 111 Å². The van der Waals surface area contributed by atoms with Gasteiger partial charge in [0.25, 0.3) is 10.0 Å². The lowest BCUT2D eigenvalue weighted by Gasteiger charge is -2.00. The maximum absolute atomic E-state index is 11.8. The SMILES string of the molecule is CS(=O)(=O)NCCN=C1NS(=O)(=O)c2ccccc21. The molecule has 104 valence electrons. The summed E-state index contributed by atoms with van der Waals surface area (Å²) in [7, 11) is -6.80. The van der Waals surface area contributed by atoms with Crippen LogP contribution in [-0.4, -0.2) is 42.0 Å². The summed E-state index contributed by atoms with van der Waals surface area (Å²) < 4.78 is 49.8. The molecule has 1 aromatic rings. The van der Waals surface area contributed by atoms with Gasteiger partial charge in [0.1, 0.15) is 5.84 Å². The lowest BCUT2D eigenvalue weighted by atomic mass is 10.2. The number of sulfonamides is 2. The van der Waals surface area contributed by atoms with E-state index in [1.54, 1.807) is 18.2 Å². The molecule has 1 aliphatic rings. The van der Waals surface area contributed by atoms with Gasteiger partial charge in [-0.15, -0.1) is 0 Å². The van der Waals surface area contributed by atoms with E-state index < -0.39 is 20.0 Å². The van der Waals surface area contributed by atoms with Crippen molar-refractivity contribution in [2.24, 2.45) is 4.99 Å². The zero-order chi connectivity index (χ0) is 14.1. The van der Waals surface area contributed by atoms with Crippen LogP contribution in [0.3, 0.4) is 0 Å². The number of benzene rings is 1. The first-order valence-corrected chi connectivity index (χ1v) is 8.78. The number of hydrogen-bond donors (Lipinski definition) is 2. The summed E-state index contributed by atoms with van der Waals surface area (Å²) in [4.78, 5) is 4.25. The normalized spacial score (nSPS) is 19.1. The summed E-state index contributed by atoms with van der Waals surface area (Å²) in [5, 5.41) is 0. The summed E-state index contributed by atoms with van der Waals surface area (Å²) in [5.41, 5.74) is 0.502. The molecular weight excluding hydrogens is 290 g/mol. The molecule has 0 spiro atoms. The van der Waals surface area contributed by atoms with Crippen molar-refractivity contribution < 1.29 is 16.8 Å². The highest BCUT2D eigenvalue weighted by atomic mass is 32.2. The quantitative estimate of drug-likeness (QED) is 0.716. The Hall–Kier alpha value is -1.45. The van der Waals surface area contributed by atoms with Crippen LogP contribution in [0.25, 0.3) is 0 Å². The third kappa shape index (κ3) is 3.31. The first-order valence-electron chi connectivity index (χ1n) is 5.41. The highest BCUT2D eigenvalue weighted by molar-refractivity contribution is 7.90. The van der Waals surface area contributed by atoms with E-state index in [0.29, 0.717) is 5.56 Å². The minimum Gasteiger partial charge on any atom is -0.266 e. The Bertz CT molecular complexity index is 723. The zero-order valence-corrected chi connectivity index (χ0v) is 11.8. The average molecular weight is 303 g/mol. The number of aliphatic imine (C=N–C) groups is 1. The molecule has 0 radical (unpaired) electrons. The molecule has 0 atom stereocenters. The molecule has 2 rings (SSSR count). The molecule has 0 aliphatic carbocycles. The summed E-state index contributed by atoms with van der Waals surface area (Å²) >= 11 is 0. The van der Waals surface area contributed by atoms with Crippen molar-refractivity contribution >= 4 is 25.9 Å². The maximum Gasteiger partial charge on any atom is 0.263 e. The molecule has 1 heterocycles. The number of nitrogens with one attached hydrogen (secondary N) is 2. The third-order valence-corrected chi connectivity index (χ3v) is 4.53. The minimum absolute atomic E-state index is 0.117. The number of rotatable bonds is 4. The van der Waals surface area contributed by atoms with E-state index in [-0.39, 0.29) is 23.8 Å². The van der Waals surface area contributed by atoms with E-state index in [9.17, 15) is 16.8 Å². The van der Waals surface area contributed by atoms with Gasteiger partial charge in [-0.1, -0.05) is 12.1 Å². The molecule has 7 nitrogen and oxygen atoms in total. The zero-order valence-electron chi connectivity index (χ0n) is 10.1. The summed E-state index contributed by atoms with van der Waals surface area (Å²) in [6, 6.07) is 6.49. The van der Waals surface area contributed by atoms with Crippen molar-refractivity contribution in [3.05, 3.63) is 29.8 Å². The van der Waals surface area contributed by atoms with Crippen molar-refractivity contribution in [2.75, 3.05) is 19.3 Å². The molecule has 1 aliphatic heterocycles. The maximum atomic E-state index is 11.8. The fourth-order valence-electron chi connectivity index (χ4n) is 1.65. The molecule has 19 heavy (non-hydrogen) atoms. The second kappa shape index (κ2) is 4.91. The first-order chi connectivity index (χ1) is 8.80. The van der Waals surface area contributed by atoms with Crippen molar-refractivity contribution in [3.8, 4) is 0 Å². The molecule has 0 unspecified atom stereocenters. The molecule has 0 saturated heterocycles. The van der Waals surface area contributed by atoms with Crippen molar-refractivity contribution in [1.82, 2.24) is 9.44 Å². The first kappa shape index (κ1) is 14.0. The van der Waals surface area contributed by atoms with Crippen LogP contribution in [0.4, 0.5) is 0 Å². The summed E-state index contributed by atoms with van der Waals surface area (Å²) in [6.07, 6.45) is 1.05. The van der Waals surface area contributed by atoms with Gasteiger partial charge in [0.2, 0.25) is 10.0 Å². The van der Waals surface area contributed by atoms with Crippen molar-refractivity contribution in [3.63, 3.8) is 0 Å². The Morgan fingerprint density at radius 3 is 2.68 bits per heavy atom. The average Bonchev–Trinajstić information content (AvgIpc) is 2.57. The van der Waals surface area contributed by atoms with Crippen LogP contribution in [0.2, 0.25) is 0 Å². The van der Waals surface area contributed by atoms with E-state index in [0.717, 1.165) is 6.26 Å². The Morgan fingerprint density at radius 2 is 2.00 bits per heavy atom. The standard InChI is InChI=1S/C10H13N3O4S2/c1-18(14,15)12-7-6-11-10-8-4-2-3-5-9(8)19(16,17)13-10/h2-5,12H,6-7H2,1H3,(H,11,13). The van der Waals surface area contributed by atoms with Crippen molar-refractivity contribution in [2.45, 2.75) is 4.90 Å². The molecule has 1 aromatic carbocycles. The number of nitrogens with zero attached hydrogens (tertiary/aromatic N) is 1. The topological polar surface area (TPSA) is 105 Å². The highest BCUT2D eigenvalue weighted by Gasteiger charge is 2.29. The van der Waals surface area contributed by atoms with Gasteiger partial charge in [-0.3, -0.25) is 9.71 Å². The van der Waals surface area contributed by atoms with Crippen LogP contribution >= 0.6 is 0 Å². The molecule has 0 aromatic heterocycles. The minimum atomic E-state index is -3.54. The van der Waals surface area contributed by atoms with Gasteiger partial charge < -0.3 is 0 Å². The predicted octanol–water partition coefficient (Wildman–Crippen LogP) is -0.726. The lowest BCUT2D eigenvalue weighted by Crippen LogP contribution is -2.27. The van der Waals surface area contributed by atoms with Gasteiger partial charge in [0.05, 0.1) is 17.7 Å². The summed E-state index contributed by atoms with van der Waals surface area (Å²) in [5.74, 6) is 0.242. The number of hydrogen-bond acceptors (Lipinski definition) is 5. The van der Waals surface area contributed by atoms with E-state index in [2.05, 4.69) is 14.4 Å². The molecule has 2 N–H and O–H groups in total. The molecule has 0 saturated carbocycles. The van der Waals surface area contributed by atoms with E-state index in [1.165, 1.54) is 6.07 Å². The van der Waals surface area contributed by atoms with Crippen LogP contribution in [0.5, 0.6) is 0 Å². The van der Waals surface area contributed by atoms with Gasteiger partial charge in [-0.05, 0) is 12.1 Å². The molecular formula is C10H13N3O4S2. The monoisotopic (exact) mass is 303 g/mol. The Morgan fingerprint density at radius 1 is 1.32 bits per heavy atom. The fraction of sp³-hybridized carbons (Fsp3) is 0.300. The number of amidine groups is 1. The van der Waals surface area contributed by atoms with Gasteiger partial charge in [0.15, 0.2) is 0 Å².